The average Bonchev–Trinajstić information content (AvgIpc) is 2.18. The van der Waals surface area contributed by atoms with Crippen LogP contribution in [-0.2, 0) is 4.74 Å². The Kier molecular flexibility index (Phi) is 8.14. The number of nitrogens with zero attached hydrogens (tertiary/aromatic N) is 1. The van der Waals surface area contributed by atoms with E-state index in [9.17, 15) is 0 Å². The zero-order valence-electron chi connectivity index (χ0n) is 10.3. The number of methoxy groups -OCH3 is 1. The molecule has 0 rings (SSSR count). The van der Waals surface area contributed by atoms with Gasteiger partial charge in [-0.2, -0.15) is 0 Å². The van der Waals surface area contributed by atoms with Gasteiger partial charge in [-0.25, -0.2) is 0 Å². The van der Waals surface area contributed by atoms with Gasteiger partial charge in [0.2, 0.25) is 0 Å². The standard InChI is InChI=1S/C11H26N2O/c1-6-10(2)13(7-8-14-5)11(3)9-12-4/h10-12H,6-9H2,1-5H3. The van der Waals surface area contributed by atoms with Gasteiger partial charge in [0, 0.05) is 32.3 Å². The van der Waals surface area contributed by atoms with E-state index >= 15 is 0 Å². The maximum atomic E-state index is 5.13. The molecule has 0 saturated heterocycles. The molecule has 2 atom stereocenters. The molecule has 0 aromatic rings. The first-order chi connectivity index (χ1) is 6.67. The van der Waals surface area contributed by atoms with Crippen molar-refractivity contribution in [3.05, 3.63) is 0 Å². The van der Waals surface area contributed by atoms with Gasteiger partial charge < -0.3 is 10.1 Å². The van der Waals surface area contributed by atoms with Crippen LogP contribution in [0, 0.1) is 0 Å². The Hall–Kier alpha value is -0.120. The summed E-state index contributed by atoms with van der Waals surface area (Å²) in [5.41, 5.74) is 0. The molecule has 0 saturated carbocycles. The van der Waals surface area contributed by atoms with Crippen LogP contribution in [0.25, 0.3) is 0 Å². The van der Waals surface area contributed by atoms with Gasteiger partial charge in [0.05, 0.1) is 6.61 Å². The summed E-state index contributed by atoms with van der Waals surface area (Å²) in [6.45, 7) is 9.65. The van der Waals surface area contributed by atoms with Crippen LogP contribution >= 0.6 is 0 Å². The van der Waals surface area contributed by atoms with Crippen LogP contribution < -0.4 is 5.32 Å². The van der Waals surface area contributed by atoms with E-state index in [-0.39, 0.29) is 0 Å². The highest BCUT2D eigenvalue weighted by Crippen LogP contribution is 2.07. The molecule has 3 nitrogen and oxygen atoms in total. The van der Waals surface area contributed by atoms with Gasteiger partial charge in [0.25, 0.3) is 0 Å². The number of hydrogen-bond acceptors (Lipinski definition) is 3. The fourth-order valence-electron chi connectivity index (χ4n) is 1.72. The van der Waals surface area contributed by atoms with Crippen molar-refractivity contribution >= 4 is 0 Å². The second-order valence-corrected chi connectivity index (χ2v) is 3.89. The molecule has 2 unspecified atom stereocenters. The summed E-state index contributed by atoms with van der Waals surface area (Å²) in [7, 11) is 3.76. The molecule has 0 aliphatic heterocycles. The van der Waals surface area contributed by atoms with Gasteiger partial charge in [0.1, 0.15) is 0 Å². The van der Waals surface area contributed by atoms with Crippen LogP contribution in [0.1, 0.15) is 27.2 Å². The first-order valence-corrected chi connectivity index (χ1v) is 5.56. The molecule has 1 N–H and O–H groups in total. The lowest BCUT2D eigenvalue weighted by molar-refractivity contribution is 0.0943. The Morgan fingerprint density at radius 1 is 1.29 bits per heavy atom. The molecule has 0 aliphatic rings. The lowest BCUT2D eigenvalue weighted by Gasteiger charge is -2.33. The van der Waals surface area contributed by atoms with Crippen LogP contribution in [0.3, 0.4) is 0 Å². The summed E-state index contributed by atoms with van der Waals surface area (Å²) in [6.07, 6.45) is 1.19. The minimum absolute atomic E-state index is 0.574. The van der Waals surface area contributed by atoms with Gasteiger partial charge in [-0.1, -0.05) is 6.92 Å². The Morgan fingerprint density at radius 3 is 2.36 bits per heavy atom. The molecule has 0 aromatic carbocycles. The normalized spacial score (nSPS) is 15.9. The smallest absolute Gasteiger partial charge is 0.0589 e. The quantitative estimate of drug-likeness (QED) is 0.643. The third kappa shape index (κ3) is 4.94. The van der Waals surface area contributed by atoms with E-state index < -0.39 is 0 Å². The van der Waals surface area contributed by atoms with E-state index in [1.807, 2.05) is 7.05 Å². The SMILES string of the molecule is CCC(C)N(CCOC)C(C)CNC. The fourth-order valence-corrected chi connectivity index (χ4v) is 1.72. The Bertz CT molecular complexity index is 130. The number of ether oxygens (including phenoxy) is 1. The Balaban J connectivity index is 4.07. The second kappa shape index (κ2) is 8.21. The molecule has 0 spiro atoms. The summed E-state index contributed by atoms with van der Waals surface area (Å²) in [5, 5.41) is 3.22. The van der Waals surface area contributed by atoms with Gasteiger partial charge in [-0.3, -0.25) is 4.90 Å². The summed E-state index contributed by atoms with van der Waals surface area (Å²) < 4.78 is 5.13. The van der Waals surface area contributed by atoms with Crippen molar-refractivity contribution in [3.8, 4) is 0 Å². The molecule has 0 bridgehead atoms. The highest BCUT2D eigenvalue weighted by Gasteiger charge is 2.17. The lowest BCUT2D eigenvalue weighted by Crippen LogP contribution is -2.46. The Labute approximate surface area is 88.8 Å². The van der Waals surface area contributed by atoms with E-state index in [2.05, 4.69) is 31.0 Å². The minimum atomic E-state index is 0.574. The van der Waals surface area contributed by atoms with E-state index in [0.29, 0.717) is 12.1 Å². The van der Waals surface area contributed by atoms with Gasteiger partial charge in [-0.05, 0) is 27.3 Å². The van der Waals surface area contributed by atoms with Crippen LogP contribution in [-0.4, -0.2) is 50.8 Å². The van der Waals surface area contributed by atoms with Crippen molar-refractivity contribution in [2.24, 2.45) is 0 Å². The number of rotatable bonds is 8. The number of nitrogens with one attached hydrogen (secondary N) is 1. The van der Waals surface area contributed by atoms with Crippen molar-refractivity contribution in [2.45, 2.75) is 39.3 Å². The molecule has 0 fully saturated rings. The summed E-state index contributed by atoms with van der Waals surface area (Å²) in [4.78, 5) is 2.50. The van der Waals surface area contributed by atoms with Crippen LogP contribution in [0.2, 0.25) is 0 Å². The molecule has 14 heavy (non-hydrogen) atoms. The van der Waals surface area contributed by atoms with Gasteiger partial charge in [-0.15, -0.1) is 0 Å². The maximum Gasteiger partial charge on any atom is 0.0589 e. The molecular weight excluding hydrogens is 176 g/mol. The third-order valence-electron chi connectivity index (χ3n) is 2.78. The molecule has 3 heteroatoms. The highest BCUT2D eigenvalue weighted by molar-refractivity contribution is 4.73. The zero-order chi connectivity index (χ0) is 11.0. The van der Waals surface area contributed by atoms with Crippen molar-refractivity contribution in [3.63, 3.8) is 0 Å². The van der Waals surface area contributed by atoms with Gasteiger partial charge >= 0.3 is 0 Å². The first-order valence-electron chi connectivity index (χ1n) is 5.56. The van der Waals surface area contributed by atoms with E-state index in [4.69, 9.17) is 4.74 Å². The highest BCUT2D eigenvalue weighted by atomic mass is 16.5. The molecule has 0 aliphatic carbocycles. The van der Waals surface area contributed by atoms with E-state index in [1.54, 1.807) is 7.11 Å². The van der Waals surface area contributed by atoms with Crippen LogP contribution in [0.15, 0.2) is 0 Å². The third-order valence-corrected chi connectivity index (χ3v) is 2.78. The molecule has 0 radical (unpaired) electrons. The zero-order valence-corrected chi connectivity index (χ0v) is 10.3. The van der Waals surface area contributed by atoms with Crippen molar-refractivity contribution in [2.75, 3.05) is 33.9 Å². The topological polar surface area (TPSA) is 24.5 Å². The largest absolute Gasteiger partial charge is 0.383 e. The summed E-state index contributed by atoms with van der Waals surface area (Å²) in [5.74, 6) is 0. The number of likely N-dealkylation sites (N-methyl/N-ethyl adjacent to an activating group) is 1. The van der Waals surface area contributed by atoms with Gasteiger partial charge in [0.15, 0.2) is 0 Å². The predicted octanol–water partition coefficient (Wildman–Crippen LogP) is 1.34. The Morgan fingerprint density at radius 2 is 1.93 bits per heavy atom. The van der Waals surface area contributed by atoms with E-state index in [1.165, 1.54) is 6.42 Å². The fraction of sp³-hybridized carbons (Fsp3) is 1.00. The molecule has 0 amide bonds. The van der Waals surface area contributed by atoms with Crippen LogP contribution in [0.4, 0.5) is 0 Å². The van der Waals surface area contributed by atoms with Crippen molar-refractivity contribution < 1.29 is 4.74 Å². The monoisotopic (exact) mass is 202 g/mol. The average molecular weight is 202 g/mol. The van der Waals surface area contributed by atoms with Crippen LogP contribution in [0.5, 0.6) is 0 Å². The lowest BCUT2D eigenvalue weighted by atomic mass is 10.1. The summed E-state index contributed by atoms with van der Waals surface area (Å²) in [6, 6.07) is 1.21. The summed E-state index contributed by atoms with van der Waals surface area (Å²) >= 11 is 0. The predicted molar refractivity (Wildman–Crippen MR) is 61.7 cm³/mol. The molecular formula is C11H26N2O. The number of hydrogen-bond donors (Lipinski definition) is 1. The van der Waals surface area contributed by atoms with E-state index in [0.717, 1.165) is 19.7 Å². The molecule has 86 valence electrons. The molecule has 0 heterocycles. The maximum absolute atomic E-state index is 5.13. The minimum Gasteiger partial charge on any atom is -0.383 e. The molecule has 0 aromatic heterocycles. The van der Waals surface area contributed by atoms with Crippen molar-refractivity contribution in [1.82, 2.24) is 10.2 Å². The second-order valence-electron chi connectivity index (χ2n) is 3.89. The first kappa shape index (κ1) is 13.9. The van der Waals surface area contributed by atoms with Crippen molar-refractivity contribution in [1.29, 1.82) is 0 Å².